The van der Waals surface area contributed by atoms with Crippen LogP contribution in [0, 0.1) is 0 Å². The zero-order valence-corrected chi connectivity index (χ0v) is 20.3. The molecule has 0 aliphatic carbocycles. The highest BCUT2D eigenvalue weighted by atomic mass is 35.5. The molecule has 0 unspecified atom stereocenters. The molecule has 2 aromatic heterocycles. The highest BCUT2D eigenvalue weighted by Crippen LogP contribution is 2.23. The van der Waals surface area contributed by atoms with Gasteiger partial charge in [0.15, 0.2) is 5.82 Å². The normalized spacial score (nSPS) is 14.4. The summed E-state index contributed by atoms with van der Waals surface area (Å²) in [6, 6.07) is 24.6. The lowest BCUT2D eigenvalue weighted by Crippen LogP contribution is -2.46. The van der Waals surface area contributed by atoms with E-state index < -0.39 is 0 Å². The fourth-order valence-corrected chi connectivity index (χ4v) is 4.75. The number of amides is 1. The molecule has 1 amide bonds. The van der Waals surface area contributed by atoms with Crippen molar-refractivity contribution in [2.24, 2.45) is 0 Å². The fraction of sp³-hybridized carbons (Fsp3) is 0.250. The van der Waals surface area contributed by atoms with Crippen LogP contribution < -0.4 is 0 Å². The van der Waals surface area contributed by atoms with Crippen LogP contribution in [0.4, 0.5) is 0 Å². The molecule has 3 heterocycles. The van der Waals surface area contributed by atoms with Gasteiger partial charge in [-0.05, 0) is 54.3 Å². The smallest absolute Gasteiger partial charge is 0.255 e. The van der Waals surface area contributed by atoms with Crippen molar-refractivity contribution >= 4 is 17.5 Å². The molecule has 0 spiro atoms. The lowest BCUT2D eigenvalue weighted by atomic mass is 10.0. The van der Waals surface area contributed by atoms with Gasteiger partial charge in [-0.1, -0.05) is 54.1 Å². The number of benzene rings is 2. The standard InChI is InChI=1S/C28H28ClN5O/c29-25-10-7-23(8-11-25)21-33(20-22-5-2-1-3-6-22)26-13-17-32(18-14-26)28(35)24-9-12-27(30-19-24)34-16-4-15-31-34/h1-12,15-16,19,26H,13-14,17-18,20-21H2. The maximum absolute atomic E-state index is 13.1. The van der Waals surface area contributed by atoms with Gasteiger partial charge in [0.2, 0.25) is 0 Å². The van der Waals surface area contributed by atoms with Crippen LogP contribution in [0.5, 0.6) is 0 Å². The first-order valence-electron chi connectivity index (χ1n) is 11.9. The molecule has 4 aromatic rings. The largest absolute Gasteiger partial charge is 0.338 e. The summed E-state index contributed by atoms with van der Waals surface area (Å²) in [5.74, 6) is 0.735. The molecule has 35 heavy (non-hydrogen) atoms. The number of hydrogen-bond acceptors (Lipinski definition) is 4. The van der Waals surface area contributed by atoms with Crippen molar-refractivity contribution < 1.29 is 4.79 Å². The van der Waals surface area contributed by atoms with Gasteiger partial charge in [0.1, 0.15) is 0 Å². The number of halogens is 1. The lowest BCUT2D eigenvalue weighted by Gasteiger charge is -2.39. The van der Waals surface area contributed by atoms with Crippen LogP contribution >= 0.6 is 11.6 Å². The van der Waals surface area contributed by atoms with E-state index in [1.54, 1.807) is 17.1 Å². The molecular formula is C28H28ClN5O. The number of carbonyl (C=O) groups is 1. The first kappa shape index (κ1) is 23.3. The number of piperidine rings is 1. The molecule has 6 nitrogen and oxygen atoms in total. The average Bonchev–Trinajstić information content (AvgIpc) is 3.45. The summed E-state index contributed by atoms with van der Waals surface area (Å²) in [5, 5.41) is 4.94. The maximum atomic E-state index is 13.1. The highest BCUT2D eigenvalue weighted by molar-refractivity contribution is 6.30. The Balaban J connectivity index is 1.24. The van der Waals surface area contributed by atoms with E-state index in [9.17, 15) is 4.79 Å². The fourth-order valence-electron chi connectivity index (χ4n) is 4.63. The summed E-state index contributed by atoms with van der Waals surface area (Å²) < 4.78 is 1.68. The lowest BCUT2D eigenvalue weighted by molar-refractivity contribution is 0.0594. The molecule has 178 valence electrons. The van der Waals surface area contributed by atoms with Crippen molar-refractivity contribution in [3.8, 4) is 5.82 Å². The Kier molecular flexibility index (Phi) is 7.21. The SMILES string of the molecule is O=C(c1ccc(-n2cccn2)nc1)N1CCC(N(Cc2ccccc2)Cc2ccc(Cl)cc2)CC1. The molecule has 0 N–H and O–H groups in total. The number of hydrogen-bond donors (Lipinski definition) is 0. The minimum atomic E-state index is 0.0373. The van der Waals surface area contributed by atoms with Gasteiger partial charge in [0, 0.05) is 55.8 Å². The van der Waals surface area contributed by atoms with Gasteiger partial charge in [0.25, 0.3) is 5.91 Å². The summed E-state index contributed by atoms with van der Waals surface area (Å²) in [4.78, 5) is 22.0. The van der Waals surface area contributed by atoms with E-state index in [0.717, 1.165) is 44.0 Å². The van der Waals surface area contributed by atoms with Crippen molar-refractivity contribution in [2.45, 2.75) is 32.0 Å². The summed E-state index contributed by atoms with van der Waals surface area (Å²) in [5.41, 5.74) is 3.15. The molecule has 0 saturated carbocycles. The molecule has 2 aromatic carbocycles. The number of nitrogens with zero attached hydrogens (tertiary/aromatic N) is 5. The first-order valence-corrected chi connectivity index (χ1v) is 12.3. The summed E-state index contributed by atoms with van der Waals surface area (Å²) in [6.45, 7) is 3.19. The molecule has 1 fully saturated rings. The zero-order valence-electron chi connectivity index (χ0n) is 19.5. The Hall–Kier alpha value is -3.48. The van der Waals surface area contributed by atoms with Crippen molar-refractivity contribution in [1.82, 2.24) is 24.6 Å². The molecule has 0 radical (unpaired) electrons. The topological polar surface area (TPSA) is 54.3 Å². The van der Waals surface area contributed by atoms with E-state index >= 15 is 0 Å². The monoisotopic (exact) mass is 485 g/mol. The summed E-state index contributed by atoms with van der Waals surface area (Å²) in [6.07, 6.45) is 7.06. The van der Waals surface area contributed by atoms with Crippen molar-refractivity contribution in [1.29, 1.82) is 0 Å². The molecule has 5 rings (SSSR count). The van der Waals surface area contributed by atoms with Crippen LogP contribution in [0.2, 0.25) is 5.02 Å². The number of pyridine rings is 1. The second kappa shape index (κ2) is 10.8. The second-order valence-electron chi connectivity index (χ2n) is 8.90. The molecule has 1 aliphatic rings. The second-order valence-corrected chi connectivity index (χ2v) is 9.33. The number of likely N-dealkylation sites (tertiary alicyclic amines) is 1. The summed E-state index contributed by atoms with van der Waals surface area (Å²) >= 11 is 6.10. The number of rotatable bonds is 7. The minimum Gasteiger partial charge on any atom is -0.338 e. The Morgan fingerprint density at radius 3 is 2.26 bits per heavy atom. The van der Waals surface area contributed by atoms with Crippen LogP contribution in [-0.4, -0.2) is 49.6 Å². The van der Waals surface area contributed by atoms with E-state index in [0.29, 0.717) is 17.4 Å². The molecule has 0 atom stereocenters. The average molecular weight is 486 g/mol. The molecule has 1 aliphatic heterocycles. The molecule has 0 bridgehead atoms. The van der Waals surface area contributed by atoms with E-state index in [2.05, 4.69) is 51.4 Å². The Morgan fingerprint density at radius 1 is 0.914 bits per heavy atom. The van der Waals surface area contributed by atoms with Crippen LogP contribution in [0.3, 0.4) is 0 Å². The van der Waals surface area contributed by atoms with Crippen molar-refractivity contribution in [3.05, 3.63) is 113 Å². The maximum Gasteiger partial charge on any atom is 0.255 e. The van der Waals surface area contributed by atoms with Gasteiger partial charge >= 0.3 is 0 Å². The van der Waals surface area contributed by atoms with Crippen LogP contribution in [0.25, 0.3) is 5.82 Å². The van der Waals surface area contributed by atoms with Crippen molar-refractivity contribution in [2.75, 3.05) is 13.1 Å². The van der Waals surface area contributed by atoms with Crippen LogP contribution in [-0.2, 0) is 13.1 Å². The van der Waals surface area contributed by atoms with Gasteiger partial charge in [-0.15, -0.1) is 0 Å². The van der Waals surface area contributed by atoms with Crippen LogP contribution in [0.1, 0.15) is 34.3 Å². The minimum absolute atomic E-state index is 0.0373. The molecule has 7 heteroatoms. The first-order chi connectivity index (χ1) is 17.2. The van der Waals surface area contributed by atoms with Gasteiger partial charge in [0.05, 0.1) is 5.56 Å². The predicted octanol–water partition coefficient (Wildman–Crippen LogP) is 5.23. The van der Waals surface area contributed by atoms with E-state index in [4.69, 9.17) is 11.6 Å². The Labute approximate surface area is 210 Å². The third-order valence-corrected chi connectivity index (χ3v) is 6.78. The summed E-state index contributed by atoms with van der Waals surface area (Å²) in [7, 11) is 0. The molecular weight excluding hydrogens is 458 g/mol. The van der Waals surface area contributed by atoms with E-state index in [1.165, 1.54) is 11.1 Å². The quantitative estimate of drug-likeness (QED) is 0.360. The van der Waals surface area contributed by atoms with Gasteiger partial charge in [-0.3, -0.25) is 9.69 Å². The Bertz CT molecular complexity index is 1220. The Morgan fingerprint density at radius 2 is 1.63 bits per heavy atom. The van der Waals surface area contributed by atoms with Crippen LogP contribution in [0.15, 0.2) is 91.4 Å². The van der Waals surface area contributed by atoms with Gasteiger partial charge < -0.3 is 4.90 Å². The highest BCUT2D eigenvalue weighted by Gasteiger charge is 2.28. The number of aromatic nitrogens is 3. The van der Waals surface area contributed by atoms with E-state index in [-0.39, 0.29) is 5.91 Å². The number of carbonyl (C=O) groups excluding carboxylic acids is 1. The van der Waals surface area contributed by atoms with Gasteiger partial charge in [-0.25, -0.2) is 9.67 Å². The van der Waals surface area contributed by atoms with E-state index in [1.807, 2.05) is 47.5 Å². The van der Waals surface area contributed by atoms with Crippen molar-refractivity contribution in [3.63, 3.8) is 0 Å². The molecule has 1 saturated heterocycles. The third-order valence-electron chi connectivity index (χ3n) is 6.53. The predicted molar refractivity (Wildman–Crippen MR) is 137 cm³/mol. The zero-order chi connectivity index (χ0) is 24.0. The van der Waals surface area contributed by atoms with Gasteiger partial charge in [-0.2, -0.15) is 5.10 Å². The third kappa shape index (κ3) is 5.78.